The molecule has 4 rings (SSSR count). The molecule has 0 aliphatic carbocycles. The summed E-state index contributed by atoms with van der Waals surface area (Å²) in [5.41, 5.74) is 3.43. The van der Waals surface area contributed by atoms with E-state index >= 15 is 0 Å². The van der Waals surface area contributed by atoms with Gasteiger partial charge < -0.3 is 15.5 Å². The van der Waals surface area contributed by atoms with Gasteiger partial charge in [-0.05, 0) is 29.7 Å². The van der Waals surface area contributed by atoms with Crippen molar-refractivity contribution in [3.05, 3.63) is 84.2 Å². The third-order valence-corrected chi connectivity index (χ3v) is 5.78. The van der Waals surface area contributed by atoms with Crippen LogP contribution >= 0.6 is 24.0 Å². The Morgan fingerprint density at radius 1 is 1.09 bits per heavy atom. The molecular formula is C25H31IN6O. The zero-order valence-electron chi connectivity index (χ0n) is 18.9. The summed E-state index contributed by atoms with van der Waals surface area (Å²) in [6, 6.07) is 20.4. The number of hydrogen-bond donors (Lipinski definition) is 2. The Hall–Kier alpha value is -2.88. The molecule has 1 aromatic heterocycles. The van der Waals surface area contributed by atoms with Gasteiger partial charge in [-0.25, -0.2) is 4.68 Å². The van der Waals surface area contributed by atoms with Gasteiger partial charge in [-0.15, -0.1) is 24.0 Å². The van der Waals surface area contributed by atoms with Gasteiger partial charge in [-0.3, -0.25) is 9.79 Å². The number of likely N-dealkylation sites (tertiary alicyclic amines) is 1. The third kappa shape index (κ3) is 6.80. The maximum atomic E-state index is 12.4. The minimum Gasteiger partial charge on any atom is -0.356 e. The number of benzene rings is 2. The van der Waals surface area contributed by atoms with Crippen molar-refractivity contribution in [2.75, 3.05) is 26.7 Å². The Bertz CT molecular complexity index is 1040. The second kappa shape index (κ2) is 12.4. The van der Waals surface area contributed by atoms with Crippen molar-refractivity contribution in [1.29, 1.82) is 0 Å². The van der Waals surface area contributed by atoms with Gasteiger partial charge in [0, 0.05) is 58.0 Å². The first kappa shape index (κ1) is 24.8. The molecule has 1 fully saturated rings. The predicted molar refractivity (Wildman–Crippen MR) is 142 cm³/mol. The van der Waals surface area contributed by atoms with Gasteiger partial charge in [0.05, 0.1) is 5.69 Å². The van der Waals surface area contributed by atoms with E-state index in [0.29, 0.717) is 19.5 Å². The van der Waals surface area contributed by atoms with Crippen LogP contribution in [0, 0.1) is 5.92 Å². The Kier molecular flexibility index (Phi) is 9.29. The first-order chi connectivity index (χ1) is 15.7. The zero-order chi connectivity index (χ0) is 22.2. The van der Waals surface area contributed by atoms with Gasteiger partial charge in [0.25, 0.3) is 0 Å². The van der Waals surface area contributed by atoms with Crippen LogP contribution in [0.1, 0.15) is 17.5 Å². The number of carbonyl (C=O) groups is 1. The Morgan fingerprint density at radius 2 is 1.88 bits per heavy atom. The SMILES string of the molecule is CN=C(NCc1ccccc1-n1cccn1)NCC1CC(=O)N(CCc2ccccc2)C1.I. The van der Waals surface area contributed by atoms with Crippen molar-refractivity contribution in [2.45, 2.75) is 19.4 Å². The van der Waals surface area contributed by atoms with E-state index in [9.17, 15) is 4.79 Å². The maximum Gasteiger partial charge on any atom is 0.223 e. The maximum absolute atomic E-state index is 12.4. The molecule has 33 heavy (non-hydrogen) atoms. The smallest absolute Gasteiger partial charge is 0.223 e. The quantitative estimate of drug-likeness (QED) is 0.253. The summed E-state index contributed by atoms with van der Waals surface area (Å²) in [4.78, 5) is 18.8. The first-order valence-electron chi connectivity index (χ1n) is 11.1. The van der Waals surface area contributed by atoms with Crippen LogP contribution in [0.2, 0.25) is 0 Å². The molecule has 1 atom stereocenters. The van der Waals surface area contributed by atoms with E-state index in [-0.39, 0.29) is 35.8 Å². The summed E-state index contributed by atoms with van der Waals surface area (Å²) in [6.45, 7) is 2.91. The molecule has 2 aromatic carbocycles. The van der Waals surface area contributed by atoms with E-state index < -0.39 is 0 Å². The molecule has 7 nitrogen and oxygen atoms in total. The van der Waals surface area contributed by atoms with Crippen molar-refractivity contribution in [1.82, 2.24) is 25.3 Å². The number of aliphatic imine (C=N–C) groups is 1. The number of rotatable bonds is 8. The van der Waals surface area contributed by atoms with Crippen LogP contribution in [0.5, 0.6) is 0 Å². The standard InChI is InChI=1S/C25H30N6O.HI/c1-26-25(28-18-22-10-5-6-11-23(22)31-14-7-13-29-31)27-17-21-16-24(32)30(19-21)15-12-20-8-3-2-4-9-20;/h2-11,13-14,21H,12,15-19H2,1H3,(H2,26,27,28);1H. The van der Waals surface area contributed by atoms with Crippen molar-refractivity contribution < 1.29 is 4.79 Å². The highest BCUT2D eigenvalue weighted by Crippen LogP contribution is 2.18. The summed E-state index contributed by atoms with van der Waals surface area (Å²) in [5.74, 6) is 1.26. The number of halogens is 1. The second-order valence-electron chi connectivity index (χ2n) is 8.03. The minimum atomic E-state index is 0. The summed E-state index contributed by atoms with van der Waals surface area (Å²) < 4.78 is 1.86. The summed E-state index contributed by atoms with van der Waals surface area (Å²) in [5, 5.41) is 11.1. The number of amides is 1. The third-order valence-electron chi connectivity index (χ3n) is 5.78. The van der Waals surface area contributed by atoms with Crippen LogP contribution in [0.15, 0.2) is 78.0 Å². The highest BCUT2D eigenvalue weighted by Gasteiger charge is 2.29. The average Bonchev–Trinajstić information content (AvgIpc) is 3.49. The summed E-state index contributed by atoms with van der Waals surface area (Å²) in [6.07, 6.45) is 5.19. The average molecular weight is 558 g/mol. The van der Waals surface area contributed by atoms with Crippen LogP contribution in [0.3, 0.4) is 0 Å². The minimum absolute atomic E-state index is 0. The lowest BCUT2D eigenvalue weighted by atomic mass is 10.1. The van der Waals surface area contributed by atoms with Crippen molar-refractivity contribution in [2.24, 2.45) is 10.9 Å². The van der Waals surface area contributed by atoms with Crippen molar-refractivity contribution in [3.8, 4) is 5.69 Å². The largest absolute Gasteiger partial charge is 0.356 e. The number of aromatic nitrogens is 2. The molecule has 3 aromatic rings. The molecule has 1 saturated heterocycles. The molecule has 1 amide bonds. The van der Waals surface area contributed by atoms with E-state index in [1.807, 2.05) is 58.2 Å². The number of nitrogens with one attached hydrogen (secondary N) is 2. The van der Waals surface area contributed by atoms with Crippen LogP contribution < -0.4 is 10.6 Å². The lowest BCUT2D eigenvalue weighted by molar-refractivity contribution is -0.127. The number of carbonyl (C=O) groups excluding carboxylic acids is 1. The molecule has 8 heteroatoms. The lowest BCUT2D eigenvalue weighted by Crippen LogP contribution is -2.40. The highest BCUT2D eigenvalue weighted by molar-refractivity contribution is 14.0. The van der Waals surface area contributed by atoms with Crippen LogP contribution in [0.25, 0.3) is 5.69 Å². The molecule has 174 valence electrons. The number of guanidine groups is 1. The van der Waals surface area contributed by atoms with Gasteiger partial charge in [-0.2, -0.15) is 5.10 Å². The molecular weight excluding hydrogens is 527 g/mol. The molecule has 2 N–H and O–H groups in total. The van der Waals surface area contributed by atoms with Gasteiger partial charge >= 0.3 is 0 Å². The predicted octanol–water partition coefficient (Wildman–Crippen LogP) is 3.25. The second-order valence-corrected chi connectivity index (χ2v) is 8.03. The molecule has 1 unspecified atom stereocenters. The molecule has 0 radical (unpaired) electrons. The monoisotopic (exact) mass is 558 g/mol. The Labute approximate surface area is 212 Å². The number of para-hydroxylation sites is 1. The molecule has 0 spiro atoms. The Balaban J connectivity index is 0.00000306. The fourth-order valence-corrected chi connectivity index (χ4v) is 4.05. The van der Waals surface area contributed by atoms with Gasteiger partial charge in [0.15, 0.2) is 5.96 Å². The van der Waals surface area contributed by atoms with E-state index in [0.717, 1.165) is 36.7 Å². The van der Waals surface area contributed by atoms with Crippen LogP contribution in [-0.4, -0.2) is 53.2 Å². The Morgan fingerprint density at radius 3 is 2.64 bits per heavy atom. The van der Waals surface area contributed by atoms with Crippen LogP contribution in [-0.2, 0) is 17.8 Å². The lowest BCUT2D eigenvalue weighted by Gasteiger charge is -2.18. The van der Waals surface area contributed by atoms with Gasteiger partial charge in [-0.1, -0.05) is 48.5 Å². The molecule has 0 bridgehead atoms. The number of nitrogens with zero attached hydrogens (tertiary/aromatic N) is 4. The molecule has 0 saturated carbocycles. The van der Waals surface area contributed by atoms with Gasteiger partial charge in [0.1, 0.15) is 0 Å². The highest BCUT2D eigenvalue weighted by atomic mass is 127. The van der Waals surface area contributed by atoms with E-state index in [1.54, 1.807) is 13.2 Å². The van der Waals surface area contributed by atoms with Crippen molar-refractivity contribution >= 4 is 35.8 Å². The normalized spacial score (nSPS) is 15.9. The van der Waals surface area contributed by atoms with E-state index in [2.05, 4.69) is 38.9 Å². The topological polar surface area (TPSA) is 74.5 Å². The fraction of sp³-hybridized carbons (Fsp3) is 0.320. The molecule has 1 aliphatic rings. The van der Waals surface area contributed by atoms with Gasteiger partial charge in [0.2, 0.25) is 5.91 Å². The molecule has 1 aliphatic heterocycles. The van der Waals surface area contributed by atoms with E-state index in [4.69, 9.17) is 0 Å². The van der Waals surface area contributed by atoms with E-state index in [1.165, 1.54) is 5.56 Å². The number of hydrogen-bond acceptors (Lipinski definition) is 3. The summed E-state index contributed by atoms with van der Waals surface area (Å²) in [7, 11) is 1.76. The van der Waals surface area contributed by atoms with Crippen LogP contribution in [0.4, 0.5) is 0 Å². The summed E-state index contributed by atoms with van der Waals surface area (Å²) >= 11 is 0. The molecule has 2 heterocycles. The zero-order valence-corrected chi connectivity index (χ0v) is 21.2. The fourth-order valence-electron chi connectivity index (χ4n) is 4.05. The van der Waals surface area contributed by atoms with Crippen molar-refractivity contribution in [3.63, 3.8) is 0 Å². The first-order valence-corrected chi connectivity index (χ1v) is 11.1.